The lowest BCUT2D eigenvalue weighted by Gasteiger charge is -2.30. The zero-order valence-corrected chi connectivity index (χ0v) is 21.7. The van der Waals surface area contributed by atoms with E-state index in [1.165, 1.54) is 0 Å². The van der Waals surface area contributed by atoms with Crippen LogP contribution in [-0.2, 0) is 24.3 Å². The highest BCUT2D eigenvalue weighted by molar-refractivity contribution is 6.31. The van der Waals surface area contributed by atoms with E-state index in [1.807, 2.05) is 42.9 Å². The van der Waals surface area contributed by atoms with Crippen LogP contribution in [0.2, 0.25) is 5.02 Å². The molecule has 0 bridgehead atoms. The van der Waals surface area contributed by atoms with E-state index in [9.17, 15) is 9.59 Å². The fourth-order valence-corrected chi connectivity index (χ4v) is 5.62. The average molecular weight is 526 g/mol. The van der Waals surface area contributed by atoms with Gasteiger partial charge in [0.2, 0.25) is 5.91 Å². The summed E-state index contributed by atoms with van der Waals surface area (Å²) < 4.78 is 2.06. The van der Waals surface area contributed by atoms with Crippen LogP contribution in [0.1, 0.15) is 39.9 Å². The number of allylic oxidation sites excluding steroid dienone is 1. The van der Waals surface area contributed by atoms with Crippen LogP contribution >= 0.6 is 11.6 Å². The van der Waals surface area contributed by atoms with Gasteiger partial charge in [0, 0.05) is 29.4 Å². The van der Waals surface area contributed by atoms with E-state index in [1.54, 1.807) is 4.90 Å². The molecular weight excluding hydrogens is 498 g/mol. The second kappa shape index (κ2) is 10.1. The van der Waals surface area contributed by atoms with Gasteiger partial charge < -0.3 is 15.5 Å². The summed E-state index contributed by atoms with van der Waals surface area (Å²) in [5, 5.41) is 7.12. The third-order valence-corrected chi connectivity index (χ3v) is 7.74. The predicted octanol–water partition coefficient (Wildman–Crippen LogP) is 4.74. The number of aromatic nitrogens is 2. The van der Waals surface area contributed by atoms with Gasteiger partial charge in [0.25, 0.3) is 5.91 Å². The summed E-state index contributed by atoms with van der Waals surface area (Å²) >= 11 is 6.29. The Morgan fingerprint density at radius 3 is 2.84 bits per heavy atom. The number of benzene rings is 2. The number of carbonyl (C=O) groups is 2. The van der Waals surface area contributed by atoms with Crippen molar-refractivity contribution in [3.05, 3.63) is 107 Å². The molecule has 2 amide bonds. The van der Waals surface area contributed by atoms with Crippen molar-refractivity contribution in [2.75, 3.05) is 6.54 Å². The van der Waals surface area contributed by atoms with Crippen molar-refractivity contribution in [1.29, 1.82) is 0 Å². The summed E-state index contributed by atoms with van der Waals surface area (Å²) in [6.07, 6.45) is 5.79. The van der Waals surface area contributed by atoms with Crippen LogP contribution in [-0.4, -0.2) is 38.7 Å². The van der Waals surface area contributed by atoms with Gasteiger partial charge in [-0.25, -0.2) is 4.98 Å². The van der Waals surface area contributed by atoms with Gasteiger partial charge in [0.1, 0.15) is 6.04 Å². The molecule has 2 N–H and O–H groups in total. The zero-order valence-electron chi connectivity index (χ0n) is 20.9. The molecule has 0 radical (unpaired) electrons. The van der Waals surface area contributed by atoms with Crippen molar-refractivity contribution < 1.29 is 9.59 Å². The molecule has 2 aromatic carbocycles. The Kier molecular flexibility index (Phi) is 6.47. The third kappa shape index (κ3) is 4.59. The zero-order chi connectivity index (χ0) is 26.2. The van der Waals surface area contributed by atoms with Gasteiger partial charge in [0.05, 0.1) is 23.7 Å². The molecule has 8 heteroatoms. The highest BCUT2D eigenvalue weighted by Gasteiger charge is 2.38. The van der Waals surface area contributed by atoms with Crippen LogP contribution in [0.25, 0.3) is 16.8 Å². The number of fused-ring (bicyclic) bond motifs is 2. The first-order chi connectivity index (χ1) is 18.5. The summed E-state index contributed by atoms with van der Waals surface area (Å²) in [5.41, 5.74) is 7.58. The third-order valence-electron chi connectivity index (χ3n) is 7.37. The van der Waals surface area contributed by atoms with Crippen LogP contribution in [0.3, 0.4) is 0 Å². The molecule has 2 aliphatic heterocycles. The molecule has 0 saturated carbocycles. The number of imidazole rings is 1. The lowest BCUT2D eigenvalue weighted by molar-refractivity contribution is -0.126. The van der Waals surface area contributed by atoms with Crippen LogP contribution in [0, 0.1) is 0 Å². The molecule has 1 unspecified atom stereocenters. The number of nitrogens with one attached hydrogen (secondary N) is 2. The van der Waals surface area contributed by atoms with Gasteiger partial charge in [-0.05, 0) is 78.4 Å². The number of piperidine rings is 1. The first-order valence-corrected chi connectivity index (χ1v) is 13.2. The maximum atomic E-state index is 13.2. The molecule has 192 valence electrons. The largest absolute Gasteiger partial charge is 0.329 e. The molecule has 1 fully saturated rings. The molecule has 2 aromatic heterocycles. The normalized spacial score (nSPS) is 17.2. The fraction of sp³-hybridized carbons (Fsp3) is 0.233. The summed E-state index contributed by atoms with van der Waals surface area (Å²) in [6.45, 7) is 5.78. The van der Waals surface area contributed by atoms with E-state index in [4.69, 9.17) is 11.6 Å². The summed E-state index contributed by atoms with van der Waals surface area (Å²) in [6, 6.07) is 17.7. The Morgan fingerprint density at radius 2 is 2.00 bits per heavy atom. The molecule has 38 heavy (non-hydrogen) atoms. The minimum absolute atomic E-state index is 0.0940. The molecule has 1 atom stereocenters. The van der Waals surface area contributed by atoms with Gasteiger partial charge >= 0.3 is 0 Å². The molecule has 7 nitrogen and oxygen atoms in total. The summed E-state index contributed by atoms with van der Waals surface area (Å²) in [7, 11) is 0. The molecule has 4 heterocycles. The minimum atomic E-state index is -0.468. The lowest BCUT2D eigenvalue weighted by atomic mass is 10.0. The SMILES string of the molecule is C=C1CCC(N2Cc3cc(-c4cc(CNCCc5ccccc5Cl)cc5cncn45)ccc3C2=O)C(=O)N1. The maximum Gasteiger partial charge on any atom is 0.255 e. The molecule has 1 saturated heterocycles. The molecule has 0 aliphatic carbocycles. The van der Waals surface area contributed by atoms with Crippen molar-refractivity contribution >= 4 is 28.9 Å². The van der Waals surface area contributed by atoms with E-state index in [0.717, 1.165) is 51.5 Å². The van der Waals surface area contributed by atoms with Gasteiger partial charge in [-0.3, -0.25) is 14.0 Å². The number of amides is 2. The number of nitrogens with zero attached hydrogens (tertiary/aromatic N) is 3. The number of rotatable bonds is 7. The quantitative estimate of drug-likeness (QED) is 0.342. The standard InChI is InChI=1S/C30H28ClN5O2/c1-19-6-9-27(29(37)34-19)35-17-23-14-22(7-8-25(23)30(35)38)28-13-20(12-24-16-33-18-36(24)28)15-32-11-10-21-4-2-3-5-26(21)31/h2-5,7-8,12-14,16,18,27,32H,1,6,9-11,15,17H2,(H,34,37). The highest BCUT2D eigenvalue weighted by atomic mass is 35.5. The Labute approximate surface area is 226 Å². The first kappa shape index (κ1) is 24.4. The van der Waals surface area contributed by atoms with Crippen LogP contribution in [0.5, 0.6) is 0 Å². The number of hydrogen-bond donors (Lipinski definition) is 2. The number of hydrogen-bond acceptors (Lipinski definition) is 4. The van der Waals surface area contributed by atoms with Gasteiger partial charge in [-0.15, -0.1) is 0 Å². The molecule has 4 aromatic rings. The first-order valence-electron chi connectivity index (χ1n) is 12.8. The number of pyridine rings is 1. The molecule has 0 spiro atoms. The van der Waals surface area contributed by atoms with E-state index >= 15 is 0 Å². The Balaban J connectivity index is 1.22. The van der Waals surface area contributed by atoms with Crippen molar-refractivity contribution in [2.45, 2.75) is 38.4 Å². The van der Waals surface area contributed by atoms with Crippen molar-refractivity contribution in [3.8, 4) is 11.3 Å². The Morgan fingerprint density at radius 1 is 1.13 bits per heavy atom. The van der Waals surface area contributed by atoms with E-state index in [-0.39, 0.29) is 11.8 Å². The van der Waals surface area contributed by atoms with Crippen LogP contribution in [0.4, 0.5) is 0 Å². The summed E-state index contributed by atoms with van der Waals surface area (Å²) in [4.78, 5) is 31.7. The Bertz CT molecular complexity index is 1580. The highest BCUT2D eigenvalue weighted by Crippen LogP contribution is 2.32. The van der Waals surface area contributed by atoms with Crippen LogP contribution < -0.4 is 10.6 Å². The second-order valence-corrected chi connectivity index (χ2v) is 10.3. The topological polar surface area (TPSA) is 78.7 Å². The number of carbonyl (C=O) groups excluding carboxylic acids is 2. The van der Waals surface area contributed by atoms with Crippen molar-refractivity contribution in [1.82, 2.24) is 24.9 Å². The maximum absolute atomic E-state index is 13.2. The van der Waals surface area contributed by atoms with Crippen molar-refractivity contribution in [2.24, 2.45) is 0 Å². The molecule has 2 aliphatic rings. The second-order valence-electron chi connectivity index (χ2n) is 9.91. The van der Waals surface area contributed by atoms with Gasteiger partial charge in [0.15, 0.2) is 0 Å². The predicted molar refractivity (Wildman–Crippen MR) is 148 cm³/mol. The van der Waals surface area contributed by atoms with E-state index in [0.29, 0.717) is 37.2 Å². The number of halogens is 1. The smallest absolute Gasteiger partial charge is 0.255 e. The average Bonchev–Trinajstić information content (AvgIpc) is 3.51. The van der Waals surface area contributed by atoms with Gasteiger partial charge in [-0.2, -0.15) is 0 Å². The monoisotopic (exact) mass is 525 g/mol. The Hall–Kier alpha value is -3.94. The van der Waals surface area contributed by atoms with Gasteiger partial charge in [-0.1, -0.05) is 42.4 Å². The minimum Gasteiger partial charge on any atom is -0.329 e. The van der Waals surface area contributed by atoms with Crippen LogP contribution in [0.15, 0.2) is 79.4 Å². The lowest BCUT2D eigenvalue weighted by Crippen LogP contribution is -2.49. The van der Waals surface area contributed by atoms with E-state index < -0.39 is 6.04 Å². The molecule has 6 rings (SSSR count). The molecular formula is C30H28ClN5O2. The summed E-state index contributed by atoms with van der Waals surface area (Å²) in [5.74, 6) is -0.249. The fourth-order valence-electron chi connectivity index (χ4n) is 5.39. The van der Waals surface area contributed by atoms with E-state index in [2.05, 4.69) is 50.9 Å². The van der Waals surface area contributed by atoms with Crippen molar-refractivity contribution in [3.63, 3.8) is 0 Å².